The highest BCUT2D eigenvalue weighted by Crippen LogP contribution is 2.30. The first-order chi connectivity index (χ1) is 14.6. The van der Waals surface area contributed by atoms with E-state index in [0.29, 0.717) is 11.7 Å². The Morgan fingerprint density at radius 1 is 1.20 bits per heavy atom. The number of halogens is 1. The molecule has 4 rings (SSSR count). The van der Waals surface area contributed by atoms with Crippen LogP contribution in [-0.2, 0) is 17.6 Å². The quantitative estimate of drug-likeness (QED) is 0.407. The number of hydrogen-bond donors (Lipinski definition) is 1. The largest absolute Gasteiger partial charge is 0.493 e. The molecular formula is C24H23BrN2O2S. The molecule has 154 valence electrons. The van der Waals surface area contributed by atoms with Gasteiger partial charge in [-0.15, -0.1) is 11.3 Å². The summed E-state index contributed by atoms with van der Waals surface area (Å²) < 4.78 is 6.55. The summed E-state index contributed by atoms with van der Waals surface area (Å²) in [7, 11) is 0. The number of nitrogens with zero attached hydrogens (tertiary/aromatic N) is 1. The van der Waals surface area contributed by atoms with E-state index in [-0.39, 0.29) is 5.91 Å². The summed E-state index contributed by atoms with van der Waals surface area (Å²) in [5, 5.41) is 5.45. The molecule has 0 atom stereocenters. The van der Waals surface area contributed by atoms with Gasteiger partial charge in [0.1, 0.15) is 5.75 Å². The first-order valence-electron chi connectivity index (χ1n) is 10.1. The number of anilines is 1. The molecule has 3 aromatic rings. The third-order valence-corrected chi connectivity index (χ3v) is 6.32. The van der Waals surface area contributed by atoms with Crippen molar-refractivity contribution in [2.45, 2.75) is 32.6 Å². The van der Waals surface area contributed by atoms with Crippen molar-refractivity contribution in [3.05, 3.63) is 69.0 Å². The molecule has 1 heterocycles. The molecule has 4 nitrogen and oxygen atoms in total. The maximum absolute atomic E-state index is 12.4. The van der Waals surface area contributed by atoms with Gasteiger partial charge in [0.25, 0.3) is 0 Å². The van der Waals surface area contributed by atoms with Crippen LogP contribution in [0.5, 0.6) is 5.75 Å². The van der Waals surface area contributed by atoms with Gasteiger partial charge in [0.05, 0.1) is 12.3 Å². The Bertz CT molecular complexity index is 1090. The second kappa shape index (κ2) is 9.58. The van der Waals surface area contributed by atoms with Gasteiger partial charge in [-0.2, -0.15) is 0 Å². The van der Waals surface area contributed by atoms with Gasteiger partial charge in [0.2, 0.25) is 5.91 Å². The SMILES string of the molecule is CCOc1ccc(Br)cc1/C=C/C(=O)Nc1nc(-c2ccc3c(c2)CCCC3)cs1. The van der Waals surface area contributed by atoms with Gasteiger partial charge in [-0.25, -0.2) is 4.98 Å². The summed E-state index contributed by atoms with van der Waals surface area (Å²) in [6.07, 6.45) is 8.10. The van der Waals surface area contributed by atoms with E-state index in [1.54, 1.807) is 6.08 Å². The Morgan fingerprint density at radius 2 is 2.03 bits per heavy atom. The topological polar surface area (TPSA) is 51.2 Å². The minimum atomic E-state index is -0.219. The summed E-state index contributed by atoms with van der Waals surface area (Å²) in [5.74, 6) is 0.525. The first kappa shape index (κ1) is 20.8. The fourth-order valence-electron chi connectivity index (χ4n) is 3.61. The fourth-order valence-corrected chi connectivity index (χ4v) is 4.71. The maximum atomic E-state index is 12.4. The number of aryl methyl sites for hydroxylation is 2. The van der Waals surface area contributed by atoms with Gasteiger partial charge in [-0.3, -0.25) is 10.1 Å². The molecule has 1 amide bonds. The van der Waals surface area contributed by atoms with Crippen LogP contribution >= 0.6 is 27.3 Å². The fraction of sp³-hybridized carbons (Fsp3) is 0.250. The molecule has 1 N–H and O–H groups in total. The zero-order valence-corrected chi connectivity index (χ0v) is 19.2. The van der Waals surface area contributed by atoms with Crippen LogP contribution in [0.1, 0.15) is 36.5 Å². The summed E-state index contributed by atoms with van der Waals surface area (Å²) in [6.45, 7) is 2.50. The standard InChI is InChI=1S/C24H23BrN2O2S/c1-2-29-22-11-10-20(25)14-19(22)9-12-23(28)27-24-26-21(15-30-24)18-8-7-16-5-3-4-6-17(16)13-18/h7-15H,2-6H2,1H3,(H,26,27,28)/b12-9+. The van der Waals surface area contributed by atoms with Crippen LogP contribution in [-0.4, -0.2) is 17.5 Å². The second-order valence-electron chi connectivity index (χ2n) is 7.17. The smallest absolute Gasteiger partial charge is 0.250 e. The first-order valence-corrected chi connectivity index (χ1v) is 11.8. The second-order valence-corrected chi connectivity index (χ2v) is 8.94. The lowest BCUT2D eigenvalue weighted by molar-refractivity contribution is -0.111. The summed E-state index contributed by atoms with van der Waals surface area (Å²) in [4.78, 5) is 17.0. The minimum Gasteiger partial charge on any atom is -0.493 e. The lowest BCUT2D eigenvalue weighted by Gasteiger charge is -2.16. The molecule has 0 bridgehead atoms. The van der Waals surface area contributed by atoms with E-state index >= 15 is 0 Å². The van der Waals surface area contributed by atoms with Crippen molar-refractivity contribution in [2.75, 3.05) is 11.9 Å². The molecule has 1 aliphatic carbocycles. The molecule has 0 radical (unpaired) electrons. The molecule has 0 saturated carbocycles. The van der Waals surface area contributed by atoms with Gasteiger partial charge in [-0.1, -0.05) is 28.1 Å². The number of thiazole rings is 1. The van der Waals surface area contributed by atoms with E-state index in [1.807, 2.05) is 30.5 Å². The van der Waals surface area contributed by atoms with Gasteiger partial charge in [0, 0.05) is 27.1 Å². The van der Waals surface area contributed by atoms with Crippen LogP contribution in [0.25, 0.3) is 17.3 Å². The monoisotopic (exact) mass is 482 g/mol. The van der Waals surface area contributed by atoms with Crippen LogP contribution in [0.2, 0.25) is 0 Å². The van der Waals surface area contributed by atoms with Crippen molar-refractivity contribution in [1.29, 1.82) is 0 Å². The van der Waals surface area contributed by atoms with E-state index in [9.17, 15) is 4.79 Å². The molecule has 30 heavy (non-hydrogen) atoms. The van der Waals surface area contributed by atoms with Crippen LogP contribution in [0, 0.1) is 0 Å². The molecule has 0 fully saturated rings. The normalized spacial score (nSPS) is 13.3. The lowest BCUT2D eigenvalue weighted by Crippen LogP contribution is -2.07. The highest BCUT2D eigenvalue weighted by molar-refractivity contribution is 9.10. The van der Waals surface area contributed by atoms with Crippen LogP contribution in [0.3, 0.4) is 0 Å². The number of fused-ring (bicyclic) bond motifs is 1. The molecule has 2 aromatic carbocycles. The Hall–Kier alpha value is -2.44. The van der Waals surface area contributed by atoms with Crippen LogP contribution in [0.4, 0.5) is 5.13 Å². The molecular weight excluding hydrogens is 460 g/mol. The van der Waals surface area contributed by atoms with E-state index in [1.165, 1.54) is 47.8 Å². The summed E-state index contributed by atoms with van der Waals surface area (Å²) >= 11 is 4.89. The lowest BCUT2D eigenvalue weighted by atomic mass is 9.90. The number of carbonyl (C=O) groups is 1. The molecule has 6 heteroatoms. The summed E-state index contributed by atoms with van der Waals surface area (Å²) in [6, 6.07) is 12.3. The van der Waals surface area contributed by atoms with Crippen molar-refractivity contribution >= 4 is 44.4 Å². The van der Waals surface area contributed by atoms with E-state index in [0.717, 1.165) is 33.5 Å². The average Bonchev–Trinajstić information content (AvgIpc) is 3.22. The average molecular weight is 483 g/mol. The van der Waals surface area contributed by atoms with Crippen molar-refractivity contribution in [2.24, 2.45) is 0 Å². The Labute approximate surface area is 189 Å². The van der Waals surface area contributed by atoms with Crippen molar-refractivity contribution in [3.8, 4) is 17.0 Å². The molecule has 0 spiro atoms. The van der Waals surface area contributed by atoms with Crippen LogP contribution in [0.15, 0.2) is 52.3 Å². The zero-order chi connectivity index (χ0) is 20.9. The van der Waals surface area contributed by atoms with Gasteiger partial charge in [-0.05, 0) is 74.1 Å². The highest BCUT2D eigenvalue weighted by atomic mass is 79.9. The zero-order valence-electron chi connectivity index (χ0n) is 16.8. The van der Waals surface area contributed by atoms with Crippen molar-refractivity contribution in [1.82, 2.24) is 4.98 Å². The number of hydrogen-bond acceptors (Lipinski definition) is 4. The molecule has 0 saturated heterocycles. The highest BCUT2D eigenvalue weighted by Gasteiger charge is 2.12. The number of nitrogens with one attached hydrogen (secondary N) is 1. The Balaban J connectivity index is 1.45. The number of ether oxygens (including phenoxy) is 1. The minimum absolute atomic E-state index is 0.219. The molecule has 0 aliphatic heterocycles. The van der Waals surface area contributed by atoms with Crippen molar-refractivity contribution in [3.63, 3.8) is 0 Å². The van der Waals surface area contributed by atoms with Gasteiger partial charge >= 0.3 is 0 Å². The van der Waals surface area contributed by atoms with E-state index in [2.05, 4.69) is 44.4 Å². The van der Waals surface area contributed by atoms with Crippen molar-refractivity contribution < 1.29 is 9.53 Å². The van der Waals surface area contributed by atoms with Gasteiger partial charge < -0.3 is 4.74 Å². The Kier molecular flexibility index (Phi) is 6.65. The third-order valence-electron chi connectivity index (χ3n) is 5.06. The number of benzene rings is 2. The maximum Gasteiger partial charge on any atom is 0.250 e. The summed E-state index contributed by atoms with van der Waals surface area (Å²) in [5.41, 5.74) is 5.74. The number of carbonyl (C=O) groups excluding carboxylic acids is 1. The number of amides is 1. The van der Waals surface area contributed by atoms with Crippen LogP contribution < -0.4 is 10.1 Å². The predicted molar refractivity (Wildman–Crippen MR) is 127 cm³/mol. The Morgan fingerprint density at radius 3 is 2.87 bits per heavy atom. The molecule has 1 aliphatic rings. The third kappa shape index (κ3) is 4.99. The van der Waals surface area contributed by atoms with E-state index in [4.69, 9.17) is 4.74 Å². The molecule has 1 aromatic heterocycles. The number of rotatable bonds is 6. The number of aromatic nitrogens is 1. The predicted octanol–water partition coefficient (Wildman–Crippen LogP) is 6.50. The van der Waals surface area contributed by atoms with E-state index < -0.39 is 0 Å². The van der Waals surface area contributed by atoms with Gasteiger partial charge in [0.15, 0.2) is 5.13 Å². The molecule has 0 unspecified atom stereocenters.